The van der Waals surface area contributed by atoms with Crippen molar-refractivity contribution in [3.63, 3.8) is 0 Å². The first-order valence-electron chi connectivity index (χ1n) is 6.56. The lowest BCUT2D eigenvalue weighted by Crippen LogP contribution is -2.04. The lowest BCUT2D eigenvalue weighted by molar-refractivity contribution is 0.590. The third-order valence-electron chi connectivity index (χ3n) is 2.89. The van der Waals surface area contributed by atoms with Gasteiger partial charge in [-0.15, -0.1) is 5.10 Å². The molecular weight excluding hydrogens is 368 g/mol. The minimum Gasteiger partial charge on any atom is -0.334 e. The van der Waals surface area contributed by atoms with Crippen LogP contribution in [0.4, 0.5) is 31.9 Å². The first-order valence-corrected chi connectivity index (χ1v) is 7.35. The largest absolute Gasteiger partial charge is 0.334 e. The number of halogens is 3. The van der Waals surface area contributed by atoms with Crippen LogP contribution in [0.5, 0.6) is 0 Å². The Hall–Kier alpha value is -2.61. The molecule has 3 rings (SSSR count). The van der Waals surface area contributed by atoms with E-state index in [0.29, 0.717) is 0 Å². The number of hydrogen-bond acceptors (Lipinski definition) is 5. The Morgan fingerprint density at radius 1 is 0.913 bits per heavy atom. The van der Waals surface area contributed by atoms with E-state index in [2.05, 4.69) is 41.7 Å². The summed E-state index contributed by atoms with van der Waals surface area (Å²) in [5, 5.41) is 13.1. The van der Waals surface area contributed by atoms with Crippen LogP contribution >= 0.6 is 15.9 Å². The summed E-state index contributed by atoms with van der Waals surface area (Å²) in [5.74, 6) is -1.08. The molecule has 2 aromatic carbocycles. The minimum absolute atomic E-state index is 0.165. The molecule has 0 atom stereocenters. The summed E-state index contributed by atoms with van der Waals surface area (Å²) in [7, 11) is 0. The van der Waals surface area contributed by atoms with Gasteiger partial charge in [-0.25, -0.2) is 8.78 Å². The number of anilines is 4. The van der Waals surface area contributed by atoms with Crippen molar-refractivity contribution in [2.24, 2.45) is 0 Å². The number of aromatic nitrogens is 3. The molecule has 0 aliphatic rings. The topological polar surface area (TPSA) is 62.7 Å². The predicted octanol–water partition coefficient (Wildman–Crippen LogP) is 4.40. The molecule has 3 aromatic rings. The summed E-state index contributed by atoms with van der Waals surface area (Å²) in [6.45, 7) is 0. The molecule has 1 heterocycles. The molecule has 2 N–H and O–H groups in total. The van der Waals surface area contributed by atoms with Crippen molar-refractivity contribution in [2.75, 3.05) is 10.6 Å². The van der Waals surface area contributed by atoms with Gasteiger partial charge in [-0.3, -0.25) is 0 Å². The Morgan fingerprint density at radius 2 is 1.65 bits per heavy atom. The van der Waals surface area contributed by atoms with E-state index in [9.17, 15) is 8.78 Å². The zero-order valence-electron chi connectivity index (χ0n) is 11.6. The molecule has 1 aromatic heterocycles. The molecule has 0 aliphatic carbocycles. The van der Waals surface area contributed by atoms with Gasteiger partial charge in [0.15, 0.2) is 5.82 Å². The molecule has 23 heavy (non-hydrogen) atoms. The molecular formula is C15H10BrF2N5. The standard InChI is InChI=1S/C15H10BrF2N5/c16-9-4-1-2-7-12(9)20-15-22-13(8-19-23-15)21-14-10(17)5-3-6-11(14)18/h1-8H,(H2,20,21,22,23). The smallest absolute Gasteiger partial charge is 0.249 e. The third kappa shape index (κ3) is 3.59. The van der Waals surface area contributed by atoms with Gasteiger partial charge in [0.1, 0.15) is 17.3 Å². The van der Waals surface area contributed by atoms with Crippen LogP contribution in [0, 0.1) is 11.6 Å². The fraction of sp³-hybridized carbons (Fsp3) is 0. The number of rotatable bonds is 4. The highest BCUT2D eigenvalue weighted by Gasteiger charge is 2.10. The second-order valence-electron chi connectivity index (χ2n) is 4.49. The molecule has 8 heteroatoms. The molecule has 0 radical (unpaired) electrons. The second-order valence-corrected chi connectivity index (χ2v) is 5.35. The SMILES string of the molecule is Fc1cccc(F)c1Nc1cnnc(Nc2ccccc2Br)n1. The molecule has 0 bridgehead atoms. The highest BCUT2D eigenvalue weighted by molar-refractivity contribution is 9.10. The molecule has 0 spiro atoms. The molecule has 0 unspecified atom stereocenters. The van der Waals surface area contributed by atoms with E-state index >= 15 is 0 Å². The number of para-hydroxylation sites is 2. The Bertz CT molecular complexity index is 823. The van der Waals surface area contributed by atoms with Crippen molar-refractivity contribution < 1.29 is 8.78 Å². The number of hydrogen-bond donors (Lipinski definition) is 2. The van der Waals surface area contributed by atoms with Gasteiger partial charge in [0, 0.05) is 4.47 Å². The number of benzene rings is 2. The van der Waals surface area contributed by atoms with Gasteiger partial charge in [0.25, 0.3) is 0 Å². The van der Waals surface area contributed by atoms with E-state index in [1.54, 1.807) is 0 Å². The van der Waals surface area contributed by atoms with Crippen molar-refractivity contribution >= 4 is 39.1 Å². The average molecular weight is 378 g/mol. The van der Waals surface area contributed by atoms with Crippen molar-refractivity contribution in [3.05, 3.63) is 64.8 Å². The Labute approximate surface area is 138 Å². The predicted molar refractivity (Wildman–Crippen MR) is 86.9 cm³/mol. The number of nitrogens with one attached hydrogen (secondary N) is 2. The summed E-state index contributed by atoms with van der Waals surface area (Å²) < 4.78 is 28.1. The van der Waals surface area contributed by atoms with E-state index in [1.807, 2.05) is 24.3 Å². The summed E-state index contributed by atoms with van der Waals surface area (Å²) in [6, 6.07) is 11.0. The van der Waals surface area contributed by atoms with Gasteiger partial charge < -0.3 is 10.6 Å². The van der Waals surface area contributed by atoms with Gasteiger partial charge in [0.05, 0.1) is 11.9 Å². The quantitative estimate of drug-likeness (QED) is 0.705. The first-order chi connectivity index (χ1) is 11.1. The first kappa shape index (κ1) is 15.3. The van der Waals surface area contributed by atoms with Gasteiger partial charge in [0.2, 0.25) is 5.95 Å². The van der Waals surface area contributed by atoms with Crippen LogP contribution in [0.15, 0.2) is 53.1 Å². The third-order valence-corrected chi connectivity index (χ3v) is 3.59. The van der Waals surface area contributed by atoms with E-state index in [1.165, 1.54) is 12.3 Å². The van der Waals surface area contributed by atoms with Gasteiger partial charge in [-0.2, -0.15) is 10.1 Å². The van der Waals surface area contributed by atoms with Crippen LogP contribution in [0.3, 0.4) is 0 Å². The van der Waals surface area contributed by atoms with E-state index in [4.69, 9.17) is 0 Å². The van der Waals surface area contributed by atoms with Crippen molar-refractivity contribution in [1.82, 2.24) is 15.2 Å². The second kappa shape index (κ2) is 6.66. The lowest BCUT2D eigenvalue weighted by Gasteiger charge is -2.09. The Balaban J connectivity index is 1.84. The van der Waals surface area contributed by atoms with Crippen LogP contribution < -0.4 is 10.6 Å². The highest BCUT2D eigenvalue weighted by atomic mass is 79.9. The van der Waals surface area contributed by atoms with Crippen LogP contribution in [0.1, 0.15) is 0 Å². The van der Waals surface area contributed by atoms with Crippen LogP contribution in [0.2, 0.25) is 0 Å². The van der Waals surface area contributed by atoms with E-state index in [0.717, 1.165) is 22.3 Å². The van der Waals surface area contributed by atoms with Crippen molar-refractivity contribution in [1.29, 1.82) is 0 Å². The normalized spacial score (nSPS) is 10.4. The maximum absolute atomic E-state index is 13.6. The van der Waals surface area contributed by atoms with Crippen LogP contribution in [0.25, 0.3) is 0 Å². The van der Waals surface area contributed by atoms with Crippen LogP contribution in [-0.4, -0.2) is 15.2 Å². The Kier molecular flexibility index (Phi) is 4.42. The molecule has 0 amide bonds. The summed E-state index contributed by atoms with van der Waals surface area (Å²) in [6.07, 6.45) is 1.27. The highest BCUT2D eigenvalue weighted by Crippen LogP contribution is 2.25. The van der Waals surface area contributed by atoms with Crippen molar-refractivity contribution in [3.8, 4) is 0 Å². The van der Waals surface area contributed by atoms with Gasteiger partial charge in [-0.05, 0) is 40.2 Å². The monoisotopic (exact) mass is 377 g/mol. The van der Waals surface area contributed by atoms with Gasteiger partial charge in [-0.1, -0.05) is 18.2 Å². The molecule has 0 aliphatic heterocycles. The lowest BCUT2D eigenvalue weighted by atomic mass is 10.3. The molecule has 116 valence electrons. The maximum atomic E-state index is 13.6. The van der Waals surface area contributed by atoms with E-state index < -0.39 is 11.6 Å². The van der Waals surface area contributed by atoms with Crippen LogP contribution in [-0.2, 0) is 0 Å². The summed E-state index contributed by atoms with van der Waals surface area (Å²) in [4.78, 5) is 4.14. The number of nitrogens with zero attached hydrogens (tertiary/aromatic N) is 3. The zero-order chi connectivity index (χ0) is 16.2. The molecule has 5 nitrogen and oxygen atoms in total. The van der Waals surface area contributed by atoms with Gasteiger partial charge >= 0.3 is 0 Å². The maximum Gasteiger partial charge on any atom is 0.249 e. The molecule has 0 fully saturated rings. The Morgan fingerprint density at radius 3 is 2.39 bits per heavy atom. The fourth-order valence-corrected chi connectivity index (χ4v) is 2.23. The average Bonchev–Trinajstić information content (AvgIpc) is 2.54. The fourth-order valence-electron chi connectivity index (χ4n) is 1.85. The summed E-state index contributed by atoms with van der Waals surface area (Å²) >= 11 is 3.39. The summed E-state index contributed by atoms with van der Waals surface area (Å²) in [5.41, 5.74) is 0.448. The molecule has 0 saturated carbocycles. The van der Waals surface area contributed by atoms with Crippen molar-refractivity contribution in [2.45, 2.75) is 0 Å². The van der Waals surface area contributed by atoms with E-state index in [-0.39, 0.29) is 17.5 Å². The minimum atomic E-state index is -0.719. The molecule has 0 saturated heterocycles. The zero-order valence-corrected chi connectivity index (χ0v) is 13.2.